The van der Waals surface area contributed by atoms with Crippen LogP contribution in [-0.4, -0.2) is 24.7 Å². The number of benzene rings is 2. The third-order valence-electron chi connectivity index (χ3n) is 3.28. The van der Waals surface area contributed by atoms with Crippen LogP contribution in [0.4, 0.5) is 0 Å². The molecule has 0 bridgehead atoms. The zero-order valence-electron chi connectivity index (χ0n) is 10.9. The number of aryl methyl sites for hydroxylation is 1. The molecule has 0 radical (unpaired) electrons. The van der Waals surface area contributed by atoms with Gasteiger partial charge in [0, 0.05) is 0 Å². The fourth-order valence-corrected chi connectivity index (χ4v) is 2.37. The van der Waals surface area contributed by atoms with Crippen molar-refractivity contribution in [3.8, 4) is 5.95 Å². The van der Waals surface area contributed by atoms with Crippen molar-refractivity contribution in [3.05, 3.63) is 54.4 Å². The number of fused-ring (bicyclic) bond motifs is 2. The molecule has 0 aliphatic heterocycles. The number of aromatic nitrogens is 5. The second-order valence-electron chi connectivity index (χ2n) is 4.58. The normalized spacial score (nSPS) is 11.2. The first-order valence-corrected chi connectivity index (χ1v) is 6.37. The van der Waals surface area contributed by atoms with E-state index in [-0.39, 0.29) is 0 Å². The molecule has 2 aromatic carbocycles. The molecule has 0 saturated heterocycles. The second-order valence-corrected chi connectivity index (χ2v) is 4.58. The molecule has 0 aliphatic rings. The van der Waals surface area contributed by atoms with Crippen molar-refractivity contribution in [2.45, 2.75) is 6.92 Å². The largest absolute Gasteiger partial charge is 0.263 e. The van der Waals surface area contributed by atoms with Crippen molar-refractivity contribution in [3.63, 3.8) is 0 Å². The predicted octanol–water partition coefficient (Wildman–Crippen LogP) is 2.67. The van der Waals surface area contributed by atoms with E-state index in [2.05, 4.69) is 20.2 Å². The molecule has 0 aliphatic carbocycles. The number of hydrogen-bond acceptors (Lipinski definition) is 4. The van der Waals surface area contributed by atoms with E-state index >= 15 is 0 Å². The lowest BCUT2D eigenvalue weighted by Gasteiger charge is -2.04. The molecule has 5 nitrogen and oxygen atoms in total. The summed E-state index contributed by atoms with van der Waals surface area (Å²) in [4.78, 5) is 9.10. The fraction of sp³-hybridized carbons (Fsp3) is 0.0667. The third-order valence-corrected chi connectivity index (χ3v) is 3.28. The maximum absolute atomic E-state index is 4.58. The molecule has 20 heavy (non-hydrogen) atoms. The summed E-state index contributed by atoms with van der Waals surface area (Å²) in [6.07, 6.45) is 0. The number of para-hydroxylation sites is 3. The van der Waals surface area contributed by atoms with Crippen LogP contribution in [0.1, 0.15) is 5.82 Å². The lowest BCUT2D eigenvalue weighted by atomic mass is 10.3. The van der Waals surface area contributed by atoms with Crippen LogP contribution in [-0.2, 0) is 0 Å². The monoisotopic (exact) mass is 261 g/mol. The smallest absolute Gasteiger partial charge is 0.256 e. The van der Waals surface area contributed by atoms with Gasteiger partial charge in [-0.3, -0.25) is 4.57 Å². The molecule has 0 spiro atoms. The quantitative estimate of drug-likeness (QED) is 0.528. The Kier molecular flexibility index (Phi) is 2.26. The van der Waals surface area contributed by atoms with E-state index in [0.717, 1.165) is 27.9 Å². The topological polar surface area (TPSA) is 56.5 Å². The Labute approximate surface area is 114 Å². The molecule has 0 fully saturated rings. The van der Waals surface area contributed by atoms with E-state index in [1.165, 1.54) is 0 Å². The SMILES string of the molecule is Cc1nc2ccccc2n1-c1nnc2ccccc2n1. The van der Waals surface area contributed by atoms with E-state index in [9.17, 15) is 0 Å². The van der Waals surface area contributed by atoms with Gasteiger partial charge in [-0.1, -0.05) is 24.3 Å². The van der Waals surface area contributed by atoms with E-state index in [0.29, 0.717) is 5.95 Å². The van der Waals surface area contributed by atoms with Crippen molar-refractivity contribution in [1.82, 2.24) is 24.7 Å². The van der Waals surface area contributed by atoms with E-state index in [1.54, 1.807) is 0 Å². The highest BCUT2D eigenvalue weighted by Crippen LogP contribution is 2.19. The van der Waals surface area contributed by atoms with Crippen molar-refractivity contribution in [2.75, 3.05) is 0 Å². The molecule has 0 saturated carbocycles. The molecule has 4 aromatic rings. The number of rotatable bonds is 1. The van der Waals surface area contributed by atoms with Crippen molar-refractivity contribution >= 4 is 22.1 Å². The molecule has 4 rings (SSSR count). The van der Waals surface area contributed by atoms with Crippen LogP contribution in [0.5, 0.6) is 0 Å². The molecular weight excluding hydrogens is 250 g/mol. The summed E-state index contributed by atoms with van der Waals surface area (Å²) in [6.45, 7) is 1.94. The highest BCUT2D eigenvalue weighted by Gasteiger charge is 2.11. The highest BCUT2D eigenvalue weighted by atomic mass is 15.3. The van der Waals surface area contributed by atoms with Crippen LogP contribution >= 0.6 is 0 Å². The molecule has 0 N–H and O–H groups in total. The van der Waals surface area contributed by atoms with Gasteiger partial charge in [0.15, 0.2) is 0 Å². The van der Waals surface area contributed by atoms with Crippen LogP contribution in [0.15, 0.2) is 48.5 Å². The molecular formula is C15H11N5. The number of nitrogens with zero attached hydrogens (tertiary/aromatic N) is 5. The lowest BCUT2D eigenvalue weighted by molar-refractivity contribution is 0.867. The molecule has 2 aromatic heterocycles. The fourth-order valence-electron chi connectivity index (χ4n) is 2.37. The number of hydrogen-bond donors (Lipinski definition) is 0. The van der Waals surface area contributed by atoms with Gasteiger partial charge in [-0.15, -0.1) is 10.2 Å². The Hall–Kier alpha value is -2.82. The Morgan fingerprint density at radius 1 is 0.750 bits per heavy atom. The summed E-state index contributed by atoms with van der Waals surface area (Å²) >= 11 is 0. The van der Waals surface area contributed by atoms with Gasteiger partial charge in [0.1, 0.15) is 11.3 Å². The summed E-state index contributed by atoms with van der Waals surface area (Å²) in [5.74, 6) is 1.40. The van der Waals surface area contributed by atoms with Crippen LogP contribution in [0, 0.1) is 6.92 Å². The Morgan fingerprint density at radius 2 is 1.45 bits per heavy atom. The average Bonchev–Trinajstić information content (AvgIpc) is 2.82. The minimum absolute atomic E-state index is 0.551. The van der Waals surface area contributed by atoms with E-state index in [1.807, 2.05) is 60.0 Å². The first-order valence-electron chi connectivity index (χ1n) is 6.37. The molecule has 2 heterocycles. The minimum Gasteiger partial charge on any atom is -0.263 e. The molecule has 5 heteroatoms. The maximum Gasteiger partial charge on any atom is 0.256 e. The first-order chi connectivity index (χ1) is 9.83. The Morgan fingerprint density at radius 3 is 2.30 bits per heavy atom. The van der Waals surface area contributed by atoms with Crippen LogP contribution in [0.3, 0.4) is 0 Å². The minimum atomic E-state index is 0.551. The standard InChI is InChI=1S/C15H11N5/c1-10-16-13-8-4-5-9-14(13)20(10)15-17-11-6-2-3-7-12(11)18-19-15/h2-9H,1H3. The zero-order valence-corrected chi connectivity index (χ0v) is 10.9. The Bertz CT molecular complexity index is 926. The summed E-state index contributed by atoms with van der Waals surface area (Å²) in [7, 11) is 0. The second kappa shape index (κ2) is 4.09. The van der Waals surface area contributed by atoms with Gasteiger partial charge in [-0.25, -0.2) is 9.97 Å². The first kappa shape index (κ1) is 11.0. The van der Waals surface area contributed by atoms with Crippen molar-refractivity contribution in [1.29, 1.82) is 0 Å². The average molecular weight is 261 g/mol. The number of imidazole rings is 1. The third kappa shape index (κ3) is 1.56. The Balaban J connectivity index is 2.03. The van der Waals surface area contributed by atoms with Crippen LogP contribution in [0.25, 0.3) is 28.0 Å². The summed E-state index contributed by atoms with van der Waals surface area (Å²) < 4.78 is 1.93. The molecule has 0 unspecified atom stereocenters. The van der Waals surface area contributed by atoms with Crippen LogP contribution < -0.4 is 0 Å². The van der Waals surface area contributed by atoms with Gasteiger partial charge in [0.2, 0.25) is 0 Å². The van der Waals surface area contributed by atoms with E-state index in [4.69, 9.17) is 0 Å². The van der Waals surface area contributed by atoms with Crippen molar-refractivity contribution in [2.24, 2.45) is 0 Å². The highest BCUT2D eigenvalue weighted by molar-refractivity contribution is 5.78. The summed E-state index contributed by atoms with van der Waals surface area (Å²) in [6, 6.07) is 15.6. The van der Waals surface area contributed by atoms with Gasteiger partial charge in [-0.2, -0.15) is 0 Å². The van der Waals surface area contributed by atoms with E-state index < -0.39 is 0 Å². The van der Waals surface area contributed by atoms with Gasteiger partial charge < -0.3 is 0 Å². The predicted molar refractivity (Wildman–Crippen MR) is 76.7 cm³/mol. The zero-order chi connectivity index (χ0) is 13.5. The van der Waals surface area contributed by atoms with Gasteiger partial charge in [0.05, 0.1) is 16.6 Å². The van der Waals surface area contributed by atoms with Gasteiger partial charge in [-0.05, 0) is 31.2 Å². The summed E-state index contributed by atoms with van der Waals surface area (Å²) in [5, 5.41) is 8.45. The van der Waals surface area contributed by atoms with Crippen LogP contribution in [0.2, 0.25) is 0 Å². The maximum atomic E-state index is 4.58. The van der Waals surface area contributed by atoms with Gasteiger partial charge >= 0.3 is 0 Å². The molecule has 0 amide bonds. The van der Waals surface area contributed by atoms with Crippen molar-refractivity contribution < 1.29 is 0 Å². The van der Waals surface area contributed by atoms with Gasteiger partial charge in [0.25, 0.3) is 5.95 Å². The summed E-state index contributed by atoms with van der Waals surface area (Å²) in [5.41, 5.74) is 3.54. The lowest BCUT2D eigenvalue weighted by Crippen LogP contribution is -2.04. The molecule has 96 valence electrons. The molecule has 0 atom stereocenters.